The van der Waals surface area contributed by atoms with Crippen LogP contribution in [-0.2, 0) is 9.59 Å². The van der Waals surface area contributed by atoms with Gasteiger partial charge < -0.3 is 16.0 Å². The van der Waals surface area contributed by atoms with Crippen molar-refractivity contribution in [1.82, 2.24) is 10.3 Å². The van der Waals surface area contributed by atoms with Crippen LogP contribution in [0.25, 0.3) is 10.2 Å². The molecule has 1 unspecified atom stereocenters. The molecule has 1 aromatic carbocycles. The predicted molar refractivity (Wildman–Crippen MR) is 98.1 cm³/mol. The maximum absolute atomic E-state index is 12.1. The molecule has 0 bridgehead atoms. The Morgan fingerprint density at radius 3 is 2.74 bits per heavy atom. The van der Waals surface area contributed by atoms with Crippen molar-refractivity contribution in [2.75, 3.05) is 17.2 Å². The number of nitrogens with one attached hydrogen (secondary N) is 3. The van der Waals surface area contributed by atoms with E-state index in [1.54, 1.807) is 0 Å². The molecule has 1 atom stereocenters. The summed E-state index contributed by atoms with van der Waals surface area (Å²) in [5.74, 6) is -0.145. The average Bonchev–Trinajstić information content (AvgIpc) is 3.05. The summed E-state index contributed by atoms with van der Waals surface area (Å²) in [6, 6.07) is 5.45. The molecule has 1 saturated heterocycles. The molecule has 2 heterocycles. The minimum absolute atomic E-state index is 0. The van der Waals surface area contributed by atoms with Gasteiger partial charge in [0, 0.05) is 12.6 Å². The Hall–Kier alpha value is -1.41. The highest BCUT2D eigenvalue weighted by Gasteiger charge is 2.21. The number of anilines is 2. The van der Waals surface area contributed by atoms with Gasteiger partial charge in [0.05, 0.1) is 16.3 Å². The van der Waals surface area contributed by atoms with E-state index in [-0.39, 0.29) is 42.7 Å². The van der Waals surface area contributed by atoms with Gasteiger partial charge in [0.25, 0.3) is 0 Å². The molecule has 0 saturated carbocycles. The maximum atomic E-state index is 12.1. The highest BCUT2D eigenvalue weighted by Crippen LogP contribution is 2.28. The largest absolute Gasteiger partial charge is 0.325 e. The van der Waals surface area contributed by atoms with Crippen LogP contribution in [0.15, 0.2) is 18.2 Å². The van der Waals surface area contributed by atoms with Crippen LogP contribution in [0.5, 0.6) is 0 Å². The zero-order valence-electron chi connectivity index (χ0n) is 12.4. The van der Waals surface area contributed by atoms with Crippen LogP contribution in [0.3, 0.4) is 0 Å². The van der Waals surface area contributed by atoms with Crippen molar-refractivity contribution in [2.24, 2.45) is 0 Å². The van der Waals surface area contributed by atoms with Crippen molar-refractivity contribution >= 4 is 69.0 Å². The van der Waals surface area contributed by atoms with Crippen LogP contribution in [0.2, 0.25) is 0 Å². The van der Waals surface area contributed by atoms with Crippen molar-refractivity contribution in [3.63, 3.8) is 0 Å². The molecule has 2 aromatic rings. The Balaban J connectivity index is 0.00000132. The van der Waals surface area contributed by atoms with Crippen LogP contribution in [-0.4, -0.2) is 29.4 Å². The molecule has 126 valence electrons. The number of hydrogen-bond donors (Lipinski definition) is 3. The van der Waals surface area contributed by atoms with Crippen molar-refractivity contribution in [3.8, 4) is 0 Å². The smallest absolute Gasteiger partial charge is 0.241 e. The van der Waals surface area contributed by atoms with Crippen LogP contribution < -0.4 is 16.0 Å². The van der Waals surface area contributed by atoms with E-state index in [1.165, 1.54) is 18.3 Å². The molecule has 6 nitrogen and oxygen atoms in total. The number of rotatable bonds is 3. The molecule has 1 aliphatic heterocycles. The Bertz CT molecular complexity index is 701. The quantitative estimate of drug-likeness (QED) is 0.768. The molecule has 2 amide bonds. The number of hydrogen-bond acceptors (Lipinski definition) is 5. The number of fused-ring (bicyclic) bond motifs is 1. The molecular formula is C14H18Cl2N4O2S. The summed E-state index contributed by atoms with van der Waals surface area (Å²) in [7, 11) is 0. The molecule has 1 fully saturated rings. The fourth-order valence-corrected chi connectivity index (χ4v) is 3.30. The number of carbonyl (C=O) groups excluding carboxylic acids is 2. The summed E-state index contributed by atoms with van der Waals surface area (Å²) in [6.07, 6.45) is 1.91. The molecule has 0 aliphatic carbocycles. The highest BCUT2D eigenvalue weighted by molar-refractivity contribution is 7.22. The lowest BCUT2D eigenvalue weighted by Gasteiger charge is -2.10. The zero-order valence-corrected chi connectivity index (χ0v) is 14.9. The molecule has 9 heteroatoms. The summed E-state index contributed by atoms with van der Waals surface area (Å²) in [6.45, 7) is 2.35. The molecule has 3 N–H and O–H groups in total. The molecule has 0 radical (unpaired) electrons. The van der Waals surface area contributed by atoms with Gasteiger partial charge in [-0.1, -0.05) is 11.3 Å². The number of thiazole rings is 1. The Kier molecular flexibility index (Phi) is 7.21. The van der Waals surface area contributed by atoms with E-state index >= 15 is 0 Å². The van der Waals surface area contributed by atoms with E-state index in [4.69, 9.17) is 0 Å². The molecule has 1 aliphatic rings. The molecule has 0 spiro atoms. The van der Waals surface area contributed by atoms with Gasteiger partial charge in [0.15, 0.2) is 5.13 Å². The Labute approximate surface area is 150 Å². The van der Waals surface area contributed by atoms with Gasteiger partial charge in [-0.05, 0) is 37.6 Å². The SMILES string of the molecule is CC(=O)Nc1nc2ccc(NC(=O)C3CCCN3)cc2s1.Cl.Cl. The number of carbonyl (C=O) groups is 2. The van der Waals surface area contributed by atoms with Crippen LogP contribution in [0.1, 0.15) is 19.8 Å². The molecule has 3 rings (SSSR count). The Morgan fingerprint density at radius 1 is 1.30 bits per heavy atom. The van der Waals surface area contributed by atoms with Gasteiger partial charge >= 0.3 is 0 Å². The van der Waals surface area contributed by atoms with E-state index in [0.717, 1.165) is 35.3 Å². The average molecular weight is 377 g/mol. The lowest BCUT2D eigenvalue weighted by Crippen LogP contribution is -2.35. The van der Waals surface area contributed by atoms with Crippen molar-refractivity contribution in [3.05, 3.63) is 18.2 Å². The van der Waals surface area contributed by atoms with E-state index in [1.807, 2.05) is 18.2 Å². The van der Waals surface area contributed by atoms with E-state index in [0.29, 0.717) is 5.13 Å². The lowest BCUT2D eigenvalue weighted by molar-refractivity contribution is -0.117. The summed E-state index contributed by atoms with van der Waals surface area (Å²) >= 11 is 1.39. The van der Waals surface area contributed by atoms with Gasteiger partial charge in [0.2, 0.25) is 11.8 Å². The number of benzene rings is 1. The third kappa shape index (κ3) is 4.78. The van der Waals surface area contributed by atoms with Gasteiger partial charge in [-0.2, -0.15) is 0 Å². The molecular weight excluding hydrogens is 359 g/mol. The lowest BCUT2D eigenvalue weighted by atomic mass is 10.2. The maximum Gasteiger partial charge on any atom is 0.241 e. The second-order valence-electron chi connectivity index (χ2n) is 5.02. The Morgan fingerprint density at radius 2 is 2.09 bits per heavy atom. The van der Waals surface area contributed by atoms with Crippen molar-refractivity contribution in [1.29, 1.82) is 0 Å². The predicted octanol–water partition coefficient (Wildman–Crippen LogP) is 2.79. The van der Waals surface area contributed by atoms with Gasteiger partial charge in [0.1, 0.15) is 0 Å². The highest BCUT2D eigenvalue weighted by atomic mass is 35.5. The first kappa shape index (κ1) is 19.6. The number of nitrogens with zero attached hydrogens (tertiary/aromatic N) is 1. The van der Waals surface area contributed by atoms with Crippen molar-refractivity contribution in [2.45, 2.75) is 25.8 Å². The monoisotopic (exact) mass is 376 g/mol. The van der Waals surface area contributed by atoms with Crippen LogP contribution >= 0.6 is 36.2 Å². The summed E-state index contributed by atoms with van der Waals surface area (Å²) in [4.78, 5) is 27.4. The van der Waals surface area contributed by atoms with Crippen LogP contribution in [0.4, 0.5) is 10.8 Å². The molecule has 1 aromatic heterocycles. The van der Waals surface area contributed by atoms with Gasteiger partial charge in [-0.3, -0.25) is 9.59 Å². The fraction of sp³-hybridized carbons (Fsp3) is 0.357. The second kappa shape index (κ2) is 8.44. The first-order chi connectivity index (χ1) is 10.1. The first-order valence-corrected chi connectivity index (χ1v) is 7.66. The second-order valence-corrected chi connectivity index (χ2v) is 6.05. The standard InChI is InChI=1S/C14H16N4O2S.2ClH/c1-8(19)16-14-18-10-5-4-9(7-12(10)21-14)17-13(20)11-3-2-6-15-11;;/h4-5,7,11,15H,2-3,6H2,1H3,(H,17,20)(H,16,18,19);2*1H. The first-order valence-electron chi connectivity index (χ1n) is 6.84. The van der Waals surface area contributed by atoms with Gasteiger partial charge in [-0.25, -0.2) is 4.98 Å². The summed E-state index contributed by atoms with van der Waals surface area (Å²) < 4.78 is 0.927. The topological polar surface area (TPSA) is 83.1 Å². The summed E-state index contributed by atoms with van der Waals surface area (Å²) in [5.41, 5.74) is 1.56. The van der Waals surface area contributed by atoms with Crippen LogP contribution in [0, 0.1) is 0 Å². The van der Waals surface area contributed by atoms with Crippen molar-refractivity contribution < 1.29 is 9.59 Å². The fourth-order valence-electron chi connectivity index (χ4n) is 2.34. The minimum atomic E-state index is -0.144. The van der Waals surface area contributed by atoms with E-state index in [9.17, 15) is 9.59 Å². The molecule has 23 heavy (non-hydrogen) atoms. The number of aromatic nitrogens is 1. The zero-order chi connectivity index (χ0) is 14.8. The van der Waals surface area contributed by atoms with E-state index < -0.39 is 0 Å². The number of amides is 2. The summed E-state index contributed by atoms with van der Waals surface area (Å²) in [5, 5.41) is 9.32. The normalized spacial score (nSPS) is 16.3. The van der Waals surface area contributed by atoms with E-state index in [2.05, 4.69) is 20.9 Å². The minimum Gasteiger partial charge on any atom is -0.325 e. The number of halogens is 2. The third-order valence-electron chi connectivity index (χ3n) is 3.32. The third-order valence-corrected chi connectivity index (χ3v) is 4.25. The van der Waals surface area contributed by atoms with Gasteiger partial charge in [-0.15, -0.1) is 24.8 Å².